The van der Waals surface area contributed by atoms with E-state index >= 15 is 0 Å². The van der Waals surface area contributed by atoms with Crippen LogP contribution in [0, 0.1) is 6.92 Å². The Balaban J connectivity index is 2.81. The van der Waals surface area contributed by atoms with Crippen LogP contribution in [0.5, 0.6) is 0 Å². The van der Waals surface area contributed by atoms with E-state index in [4.69, 9.17) is 0 Å². The van der Waals surface area contributed by atoms with E-state index in [2.05, 4.69) is 24.5 Å². The maximum atomic E-state index is 4.27. The van der Waals surface area contributed by atoms with Crippen molar-refractivity contribution in [1.29, 1.82) is 0 Å². The van der Waals surface area contributed by atoms with Crippen molar-refractivity contribution in [2.45, 2.75) is 11.7 Å². The minimum atomic E-state index is 0.666. The molecule has 0 saturated heterocycles. The van der Waals surface area contributed by atoms with E-state index in [0.717, 1.165) is 16.2 Å². The molecule has 0 spiro atoms. The third kappa shape index (κ3) is 1.01. The van der Waals surface area contributed by atoms with Gasteiger partial charge in [-0.2, -0.15) is 0 Å². The van der Waals surface area contributed by atoms with E-state index in [1.807, 2.05) is 28.8 Å². The van der Waals surface area contributed by atoms with Crippen molar-refractivity contribution in [3.63, 3.8) is 0 Å². The highest BCUT2D eigenvalue weighted by molar-refractivity contribution is 7.80. The summed E-state index contributed by atoms with van der Waals surface area (Å²) in [6.45, 7) is 4.48. The van der Waals surface area contributed by atoms with E-state index in [0.29, 0.717) is 6.54 Å². The van der Waals surface area contributed by atoms with Crippen LogP contribution < -0.4 is 0 Å². The molecule has 0 unspecified atom stereocenters. The van der Waals surface area contributed by atoms with Gasteiger partial charge in [-0.15, -0.1) is 12.6 Å². The molecule has 2 rings (SSSR count). The molecule has 1 heterocycles. The number of nitrogens with zero attached hydrogens (tertiary/aromatic N) is 2. The van der Waals surface area contributed by atoms with Gasteiger partial charge >= 0.3 is 0 Å². The van der Waals surface area contributed by atoms with Crippen LogP contribution in [0.15, 0.2) is 29.4 Å². The summed E-state index contributed by atoms with van der Waals surface area (Å²) >= 11 is 4.25. The monoisotopic (exact) mass is 177 g/mol. The van der Waals surface area contributed by atoms with Crippen LogP contribution in [0.3, 0.4) is 0 Å². The number of hydrogen-bond acceptors (Lipinski definition) is 2. The average Bonchev–Trinajstić information content (AvgIpc) is 2.40. The normalized spacial score (nSPS) is 10.8. The van der Waals surface area contributed by atoms with Crippen molar-refractivity contribution in [2.75, 3.05) is 0 Å². The van der Waals surface area contributed by atoms with E-state index in [1.54, 1.807) is 0 Å². The van der Waals surface area contributed by atoms with E-state index in [9.17, 15) is 0 Å². The number of imidazole rings is 1. The number of benzene rings is 1. The second kappa shape index (κ2) is 2.83. The van der Waals surface area contributed by atoms with Gasteiger partial charge < -0.3 is 4.57 Å². The minimum Gasteiger partial charge on any atom is -0.319 e. The minimum absolute atomic E-state index is 0.666. The van der Waals surface area contributed by atoms with Gasteiger partial charge in [0.1, 0.15) is 0 Å². The highest BCUT2D eigenvalue weighted by Gasteiger charge is 2.03. The lowest BCUT2D eigenvalue weighted by Gasteiger charge is -1.99. The van der Waals surface area contributed by atoms with E-state index < -0.39 is 0 Å². The van der Waals surface area contributed by atoms with E-state index in [1.165, 1.54) is 0 Å². The van der Waals surface area contributed by atoms with Gasteiger partial charge in [-0.3, -0.25) is 0 Å². The number of rotatable bonds is 1. The van der Waals surface area contributed by atoms with Crippen LogP contribution in [0.4, 0.5) is 0 Å². The Morgan fingerprint density at radius 1 is 1.42 bits per heavy atom. The van der Waals surface area contributed by atoms with Gasteiger partial charge in [-0.05, 0) is 19.1 Å². The molecule has 1 aromatic carbocycles. The zero-order valence-electron chi connectivity index (χ0n) is 6.57. The van der Waals surface area contributed by atoms with Crippen LogP contribution in [0.2, 0.25) is 0 Å². The predicted molar refractivity (Wildman–Crippen MR) is 52.3 cm³/mol. The Hall–Kier alpha value is -0.960. The van der Waals surface area contributed by atoms with Gasteiger partial charge in [0.2, 0.25) is 0 Å². The van der Waals surface area contributed by atoms with Gasteiger partial charge in [-0.1, -0.05) is 12.1 Å². The topological polar surface area (TPSA) is 17.8 Å². The van der Waals surface area contributed by atoms with Gasteiger partial charge in [0.15, 0.2) is 5.16 Å². The van der Waals surface area contributed by atoms with E-state index in [-0.39, 0.29) is 0 Å². The molecule has 0 aliphatic rings. The molecule has 0 saturated carbocycles. The first-order chi connectivity index (χ1) is 5.83. The molecule has 2 aromatic rings. The van der Waals surface area contributed by atoms with Gasteiger partial charge in [0.05, 0.1) is 11.0 Å². The van der Waals surface area contributed by atoms with Crippen LogP contribution in [-0.2, 0) is 6.54 Å². The zero-order valence-corrected chi connectivity index (χ0v) is 7.46. The molecule has 61 valence electrons. The maximum Gasteiger partial charge on any atom is 0.165 e. The second-order valence-corrected chi connectivity index (χ2v) is 2.95. The second-order valence-electron chi connectivity index (χ2n) is 2.55. The molecular formula is C9H9N2S. The fourth-order valence-corrected chi connectivity index (χ4v) is 1.60. The summed E-state index contributed by atoms with van der Waals surface area (Å²) in [5, 5.41) is 0.728. The Bertz CT molecular complexity index is 406. The number of thiol groups is 1. The summed E-state index contributed by atoms with van der Waals surface area (Å²) in [4.78, 5) is 4.27. The first-order valence-electron chi connectivity index (χ1n) is 3.76. The van der Waals surface area contributed by atoms with Crippen molar-refractivity contribution in [3.05, 3.63) is 31.2 Å². The first-order valence-corrected chi connectivity index (χ1v) is 4.21. The summed E-state index contributed by atoms with van der Waals surface area (Å²) < 4.78 is 1.97. The fraction of sp³-hybridized carbons (Fsp3) is 0.111. The molecule has 1 radical (unpaired) electrons. The molecule has 1 aromatic heterocycles. The summed E-state index contributed by atoms with van der Waals surface area (Å²) in [6, 6.07) is 7.95. The lowest BCUT2D eigenvalue weighted by Crippen LogP contribution is -1.93. The smallest absolute Gasteiger partial charge is 0.165 e. The van der Waals surface area contributed by atoms with Crippen LogP contribution >= 0.6 is 12.6 Å². The number of aromatic nitrogens is 2. The van der Waals surface area contributed by atoms with Crippen molar-refractivity contribution in [3.8, 4) is 0 Å². The average molecular weight is 177 g/mol. The molecule has 0 atom stereocenters. The summed E-state index contributed by atoms with van der Waals surface area (Å²) in [5.41, 5.74) is 2.07. The zero-order chi connectivity index (χ0) is 8.55. The Morgan fingerprint density at radius 2 is 2.17 bits per heavy atom. The third-order valence-electron chi connectivity index (χ3n) is 1.86. The molecular weight excluding hydrogens is 168 g/mol. The Kier molecular flexibility index (Phi) is 1.81. The maximum absolute atomic E-state index is 4.27. The molecule has 0 fully saturated rings. The van der Waals surface area contributed by atoms with Gasteiger partial charge in [-0.25, -0.2) is 4.98 Å². The largest absolute Gasteiger partial charge is 0.319 e. The number of fused-ring (bicyclic) bond motifs is 1. The molecule has 0 bridgehead atoms. The Labute approximate surface area is 76.6 Å². The van der Waals surface area contributed by atoms with Crippen molar-refractivity contribution >= 4 is 23.7 Å². The summed E-state index contributed by atoms with van der Waals surface area (Å²) in [7, 11) is 0. The van der Waals surface area contributed by atoms with Crippen molar-refractivity contribution in [2.24, 2.45) is 0 Å². The van der Waals surface area contributed by atoms with Crippen LogP contribution in [-0.4, -0.2) is 9.55 Å². The molecule has 12 heavy (non-hydrogen) atoms. The van der Waals surface area contributed by atoms with Crippen LogP contribution in [0.25, 0.3) is 11.0 Å². The first kappa shape index (κ1) is 7.68. The lowest BCUT2D eigenvalue weighted by molar-refractivity contribution is 0.748. The van der Waals surface area contributed by atoms with Crippen LogP contribution in [0.1, 0.15) is 0 Å². The lowest BCUT2D eigenvalue weighted by atomic mass is 10.3. The van der Waals surface area contributed by atoms with Gasteiger partial charge in [0.25, 0.3) is 0 Å². The third-order valence-corrected chi connectivity index (χ3v) is 2.20. The standard InChI is InChI=1S/C9H9N2S/c1-2-11-8-6-4-3-5-7(8)10-9(11)12/h3-6H,1-2H2,(H,10,12). The molecule has 0 aliphatic heterocycles. The summed E-state index contributed by atoms with van der Waals surface area (Å²) in [5.74, 6) is 0. The number of para-hydroxylation sites is 2. The summed E-state index contributed by atoms with van der Waals surface area (Å²) in [6.07, 6.45) is 0. The molecule has 0 amide bonds. The van der Waals surface area contributed by atoms with Gasteiger partial charge in [0, 0.05) is 6.54 Å². The fourth-order valence-electron chi connectivity index (χ4n) is 1.28. The molecule has 0 aliphatic carbocycles. The molecule has 3 heteroatoms. The molecule has 2 nitrogen and oxygen atoms in total. The SMILES string of the molecule is [CH2]Cn1c(S)nc2ccccc21. The van der Waals surface area contributed by atoms with Crippen molar-refractivity contribution in [1.82, 2.24) is 9.55 Å². The van der Waals surface area contributed by atoms with Crippen molar-refractivity contribution < 1.29 is 0 Å². The quantitative estimate of drug-likeness (QED) is 0.661. The predicted octanol–water partition coefficient (Wildman–Crippen LogP) is 2.16. The number of hydrogen-bond donors (Lipinski definition) is 1. The molecule has 0 N–H and O–H groups in total. The highest BCUT2D eigenvalue weighted by Crippen LogP contribution is 2.17. The highest BCUT2D eigenvalue weighted by atomic mass is 32.1. The Morgan fingerprint density at radius 3 is 2.92 bits per heavy atom.